The number of benzene rings is 1. The Kier molecular flexibility index (Phi) is 8.56. The van der Waals surface area contributed by atoms with Gasteiger partial charge in [0.05, 0.1) is 11.4 Å². The topological polar surface area (TPSA) is 178 Å². The van der Waals surface area contributed by atoms with Crippen LogP contribution in [0.2, 0.25) is 0 Å². The predicted octanol–water partition coefficient (Wildman–Crippen LogP) is -0.317. The minimum atomic E-state index is -4.69. The summed E-state index contributed by atoms with van der Waals surface area (Å²) in [7, 11) is -4.69. The van der Waals surface area contributed by atoms with E-state index in [0.29, 0.717) is 11.4 Å². The molecule has 0 heterocycles. The monoisotopic (exact) mass is 537 g/mol. The number of aliphatic imine (C=N–C) groups is 1. The van der Waals surface area contributed by atoms with Crippen LogP contribution in [0.5, 0.6) is 0 Å². The van der Waals surface area contributed by atoms with Crippen LogP contribution >= 0.6 is 11.6 Å². The molecular formula is C22H15ClN4NaO7S+. The number of Topliss-reactive ketones (excluding diaryl/α,β-unsaturated/α-hetero) is 1. The second-order valence-corrected chi connectivity index (χ2v) is 9.03. The number of fused-ring (bicyclic) bond motifs is 1. The summed E-state index contributed by atoms with van der Waals surface area (Å²) in [5.74, 6) is -1.84. The Morgan fingerprint density at radius 1 is 0.972 bits per heavy atom. The molecule has 1 aromatic rings. The van der Waals surface area contributed by atoms with Crippen molar-refractivity contribution in [2.24, 2.45) is 15.2 Å². The molecule has 1 aromatic carbocycles. The van der Waals surface area contributed by atoms with Crippen LogP contribution in [0.15, 0.2) is 115 Å². The summed E-state index contributed by atoms with van der Waals surface area (Å²) in [5.41, 5.74) is -0.434. The molecule has 178 valence electrons. The third-order valence-corrected chi connectivity index (χ3v) is 5.91. The number of carbonyl (C=O) groups excluding carboxylic acids is 1. The predicted molar refractivity (Wildman–Crippen MR) is 126 cm³/mol. The van der Waals surface area contributed by atoms with Crippen molar-refractivity contribution in [2.45, 2.75) is 0 Å². The molecule has 3 aliphatic rings. The fourth-order valence-corrected chi connectivity index (χ4v) is 4.11. The Morgan fingerprint density at radius 3 is 2.31 bits per heavy atom. The van der Waals surface area contributed by atoms with E-state index in [4.69, 9.17) is 22.0 Å². The smallest absolute Gasteiger partial charge is 0.870 e. The summed E-state index contributed by atoms with van der Waals surface area (Å²) in [5, 5.41) is 38.1. The largest absolute Gasteiger partial charge is 1.00 e. The third kappa shape index (κ3) is 5.95. The van der Waals surface area contributed by atoms with E-state index in [1.54, 1.807) is 30.3 Å². The van der Waals surface area contributed by atoms with Gasteiger partial charge in [-0.1, -0.05) is 41.6 Å². The van der Waals surface area contributed by atoms with Gasteiger partial charge in [0.15, 0.2) is 0 Å². The van der Waals surface area contributed by atoms with Gasteiger partial charge in [-0.3, -0.25) is 15.2 Å². The van der Waals surface area contributed by atoms with Gasteiger partial charge in [0.25, 0.3) is 4.91 Å². The van der Waals surface area contributed by atoms with Crippen LogP contribution in [-0.4, -0.2) is 47.7 Å². The third-order valence-electron chi connectivity index (χ3n) is 4.80. The van der Waals surface area contributed by atoms with Gasteiger partial charge in [-0.05, 0) is 51.8 Å². The van der Waals surface area contributed by atoms with Crippen molar-refractivity contribution < 1.29 is 63.2 Å². The first-order valence-corrected chi connectivity index (χ1v) is 11.5. The second-order valence-electron chi connectivity index (χ2n) is 7.16. The zero-order chi connectivity index (χ0) is 25.3. The molecule has 4 rings (SSSR count). The molecule has 0 amide bonds. The fraction of sp³-hybridized carbons (Fsp3) is 0. The molecule has 0 saturated carbocycles. The minimum Gasteiger partial charge on any atom is -0.870 e. The first-order chi connectivity index (χ1) is 16.5. The summed E-state index contributed by atoms with van der Waals surface area (Å²) < 4.78 is 31.8. The van der Waals surface area contributed by atoms with Gasteiger partial charge in [0.1, 0.15) is 17.1 Å². The molecule has 0 spiro atoms. The number of rotatable bonds is 4. The van der Waals surface area contributed by atoms with Crippen LogP contribution in [0.25, 0.3) is 0 Å². The molecule has 0 bridgehead atoms. The average molecular weight is 538 g/mol. The molecule has 36 heavy (non-hydrogen) atoms. The molecule has 0 fully saturated rings. The Bertz CT molecular complexity index is 1450. The van der Waals surface area contributed by atoms with E-state index in [1.165, 1.54) is 12.2 Å². The maximum atomic E-state index is 13.1. The van der Waals surface area contributed by atoms with E-state index < -0.39 is 49.3 Å². The van der Waals surface area contributed by atoms with Crippen LogP contribution in [0.1, 0.15) is 0 Å². The van der Waals surface area contributed by atoms with Crippen molar-refractivity contribution >= 4 is 50.7 Å². The molecule has 0 atom stereocenters. The minimum absolute atomic E-state index is 0. The van der Waals surface area contributed by atoms with Gasteiger partial charge in [0, 0.05) is 11.1 Å². The molecule has 3 aliphatic carbocycles. The quantitative estimate of drug-likeness (QED) is 0.175. The number of carbonyl (C=O) groups is 1. The van der Waals surface area contributed by atoms with E-state index in [-0.39, 0.29) is 45.7 Å². The molecule has 0 saturated heterocycles. The van der Waals surface area contributed by atoms with Crippen molar-refractivity contribution in [3.63, 3.8) is 0 Å². The van der Waals surface area contributed by atoms with Gasteiger partial charge in [-0.25, -0.2) is 4.99 Å². The normalized spacial score (nSPS) is 21.0. The number of para-hydroxylation sites is 1. The maximum absolute atomic E-state index is 13.1. The first-order valence-electron chi connectivity index (χ1n) is 9.68. The molecule has 0 aliphatic heterocycles. The number of hydrogen-bond acceptors (Lipinski definition) is 9. The molecule has 0 unspecified atom stereocenters. The number of allylic oxidation sites excluding steroid dienone is 11. The summed E-state index contributed by atoms with van der Waals surface area (Å²) >= 11 is 5.85. The van der Waals surface area contributed by atoms with Crippen LogP contribution in [0.4, 0.5) is 5.69 Å². The zero-order valence-electron chi connectivity index (χ0n) is 18.4. The number of hydroxylamine groups is 2. The summed E-state index contributed by atoms with van der Waals surface area (Å²) in [6.07, 6.45) is 7.58. The molecule has 14 heteroatoms. The SMILES string of the molecule is O=C1C(N(O)O)=CC(Cl)=CC1=NN=C1C([S+](=O)(O)O)=CC2=CC(=Nc3ccccc3)C=CC2=C1[O-].[Na+]. The van der Waals surface area contributed by atoms with E-state index >= 15 is 0 Å². The van der Waals surface area contributed by atoms with Gasteiger partial charge < -0.3 is 5.11 Å². The number of nitrogens with zero attached hydrogens (tertiary/aromatic N) is 4. The molecule has 11 nitrogen and oxygen atoms in total. The Hall–Kier alpha value is -2.78. The van der Waals surface area contributed by atoms with Crippen molar-refractivity contribution in [3.05, 3.63) is 99.3 Å². The first kappa shape index (κ1) is 27.8. The van der Waals surface area contributed by atoms with Crippen molar-refractivity contribution in [1.82, 2.24) is 5.23 Å². The van der Waals surface area contributed by atoms with Gasteiger partial charge in [0.2, 0.25) is 5.78 Å². The summed E-state index contributed by atoms with van der Waals surface area (Å²) in [6.45, 7) is 0. The maximum Gasteiger partial charge on any atom is 1.00 e. The van der Waals surface area contributed by atoms with Crippen LogP contribution in [-0.2, 0) is 19.5 Å². The van der Waals surface area contributed by atoms with Crippen molar-refractivity contribution in [3.8, 4) is 0 Å². The Morgan fingerprint density at radius 2 is 1.67 bits per heavy atom. The van der Waals surface area contributed by atoms with E-state index in [0.717, 1.165) is 18.2 Å². The Balaban J connectivity index is 0.00000361. The van der Waals surface area contributed by atoms with Crippen molar-refractivity contribution in [2.75, 3.05) is 0 Å². The zero-order valence-corrected chi connectivity index (χ0v) is 22.0. The molecular weight excluding hydrogens is 523 g/mol. The summed E-state index contributed by atoms with van der Waals surface area (Å²) in [6, 6.07) is 8.96. The van der Waals surface area contributed by atoms with E-state index in [9.17, 15) is 23.2 Å². The second kappa shape index (κ2) is 11.1. The average Bonchev–Trinajstić information content (AvgIpc) is 2.80. The molecule has 0 aromatic heterocycles. The van der Waals surface area contributed by atoms with Gasteiger partial charge in [-0.2, -0.15) is 9.11 Å². The van der Waals surface area contributed by atoms with Crippen LogP contribution in [0, 0.1) is 0 Å². The fourth-order valence-electron chi connectivity index (χ4n) is 3.24. The molecule has 0 radical (unpaired) electrons. The number of ketones is 1. The van der Waals surface area contributed by atoms with Gasteiger partial charge >= 0.3 is 40.1 Å². The Labute approximate surface area is 232 Å². The van der Waals surface area contributed by atoms with Gasteiger partial charge in [-0.15, -0.1) is 15.4 Å². The van der Waals surface area contributed by atoms with Crippen LogP contribution < -0.4 is 34.7 Å². The molecule has 4 N–H and O–H groups in total. The van der Waals surface area contributed by atoms with E-state index in [2.05, 4.69) is 15.2 Å². The number of hydrogen-bond donors (Lipinski definition) is 4. The summed E-state index contributed by atoms with van der Waals surface area (Å²) in [4.78, 5) is 16.0. The van der Waals surface area contributed by atoms with E-state index in [1.807, 2.05) is 6.07 Å². The standard InChI is InChI=1S/C22H15ClN4O7S.Na/c23-13-10-17(22(29)18(11-13)27(30)31)25-26-20-19(35(32,33)34)9-12-8-15(6-7-16(12)21(20)28)24-14-4-2-1-3-5-14;/h1-11,30-31H,(H2-,24,28,32,33,34);/q;+1. The van der Waals surface area contributed by atoms with Crippen molar-refractivity contribution in [1.29, 1.82) is 0 Å². The number of halogens is 1. The van der Waals surface area contributed by atoms with Crippen LogP contribution in [0.3, 0.4) is 0 Å².